The quantitative estimate of drug-likeness (QED) is 0.593. The number of ether oxygens (including phenoxy) is 2. The van der Waals surface area contributed by atoms with Gasteiger partial charge in [0.25, 0.3) is 0 Å². The Morgan fingerprint density at radius 2 is 2.08 bits per heavy atom. The molecule has 0 spiro atoms. The van der Waals surface area contributed by atoms with Crippen LogP contribution in [-0.2, 0) is 20.7 Å². The van der Waals surface area contributed by atoms with Gasteiger partial charge in [0.2, 0.25) is 5.91 Å². The summed E-state index contributed by atoms with van der Waals surface area (Å²) in [5.41, 5.74) is 1.48. The number of hydrogen-bond acceptors (Lipinski definition) is 5. The second-order valence-electron chi connectivity index (χ2n) is 6.91. The molecule has 2 amide bonds. The Labute approximate surface area is 153 Å². The number of amides is 2. The van der Waals surface area contributed by atoms with Crippen LogP contribution in [0.5, 0.6) is 0 Å². The van der Waals surface area contributed by atoms with E-state index in [9.17, 15) is 9.59 Å². The fourth-order valence-electron chi connectivity index (χ4n) is 2.25. The molecule has 1 aromatic carbocycles. The highest BCUT2D eigenvalue weighted by Crippen LogP contribution is 2.28. The van der Waals surface area contributed by atoms with Gasteiger partial charge in [-0.2, -0.15) is 0 Å². The number of carbonyl (C=O) groups is 2. The summed E-state index contributed by atoms with van der Waals surface area (Å²) in [5, 5.41) is 2.83. The zero-order chi connectivity index (χ0) is 18.4. The Kier molecular flexibility index (Phi) is 6.72. The first-order chi connectivity index (χ1) is 11.7. The normalized spacial score (nSPS) is 13.4. The van der Waals surface area contributed by atoms with Crippen molar-refractivity contribution >= 4 is 29.4 Å². The smallest absolute Gasteiger partial charge is 0.410 e. The van der Waals surface area contributed by atoms with Gasteiger partial charge >= 0.3 is 6.09 Å². The summed E-state index contributed by atoms with van der Waals surface area (Å²) in [6.45, 7) is 7.10. The summed E-state index contributed by atoms with van der Waals surface area (Å²) in [6.07, 6.45) is 0.115. The van der Waals surface area contributed by atoms with Crippen LogP contribution in [0, 0.1) is 0 Å². The van der Waals surface area contributed by atoms with Crippen molar-refractivity contribution in [1.29, 1.82) is 0 Å². The van der Waals surface area contributed by atoms with Crippen molar-refractivity contribution < 1.29 is 19.1 Å². The Morgan fingerprint density at radius 1 is 1.32 bits per heavy atom. The predicted molar refractivity (Wildman–Crippen MR) is 99.2 cm³/mol. The lowest BCUT2D eigenvalue weighted by Gasteiger charge is -2.24. The molecule has 6 nitrogen and oxygen atoms in total. The Hall–Kier alpha value is -1.73. The molecule has 1 aromatic rings. The van der Waals surface area contributed by atoms with Gasteiger partial charge in [-0.25, -0.2) is 4.79 Å². The minimum absolute atomic E-state index is 0.0505. The molecule has 138 valence electrons. The second kappa shape index (κ2) is 8.58. The van der Waals surface area contributed by atoms with E-state index in [4.69, 9.17) is 9.47 Å². The van der Waals surface area contributed by atoms with Crippen molar-refractivity contribution in [2.24, 2.45) is 0 Å². The van der Waals surface area contributed by atoms with Crippen LogP contribution in [0.15, 0.2) is 23.1 Å². The number of fused-ring (bicyclic) bond motifs is 1. The monoisotopic (exact) mass is 366 g/mol. The van der Waals surface area contributed by atoms with E-state index in [2.05, 4.69) is 5.32 Å². The number of nitrogens with one attached hydrogen (secondary N) is 1. The molecule has 1 aliphatic rings. The number of benzene rings is 1. The summed E-state index contributed by atoms with van der Waals surface area (Å²) in [4.78, 5) is 25.8. The average Bonchev–Trinajstić information content (AvgIpc) is 2.88. The lowest BCUT2D eigenvalue weighted by Crippen LogP contribution is -2.36. The molecule has 0 saturated heterocycles. The number of thioether (sulfide) groups is 1. The summed E-state index contributed by atoms with van der Waals surface area (Å²) < 4.78 is 10.9. The molecule has 0 aliphatic carbocycles. The van der Waals surface area contributed by atoms with Gasteiger partial charge in [-0.15, -0.1) is 11.8 Å². The summed E-state index contributed by atoms with van der Waals surface area (Å²) in [6, 6.07) is 6.00. The molecule has 0 atom stereocenters. The van der Waals surface area contributed by atoms with E-state index in [-0.39, 0.29) is 12.0 Å². The van der Waals surface area contributed by atoms with Gasteiger partial charge in [-0.1, -0.05) is 0 Å². The molecular formula is C18H26N2O4S. The number of hydrogen-bond donors (Lipinski definition) is 1. The maximum Gasteiger partial charge on any atom is 0.410 e. The summed E-state index contributed by atoms with van der Waals surface area (Å²) in [5.74, 6) is 0.866. The average molecular weight is 366 g/mol. The van der Waals surface area contributed by atoms with Crippen LogP contribution in [-0.4, -0.2) is 55.1 Å². The van der Waals surface area contributed by atoms with Crippen molar-refractivity contribution in [2.75, 3.05) is 37.9 Å². The van der Waals surface area contributed by atoms with E-state index in [0.29, 0.717) is 26.2 Å². The molecule has 0 radical (unpaired) electrons. The molecule has 0 fully saturated rings. The molecule has 1 N–H and O–H groups in total. The Morgan fingerprint density at radius 3 is 2.80 bits per heavy atom. The lowest BCUT2D eigenvalue weighted by atomic mass is 10.2. The first-order valence-electron chi connectivity index (χ1n) is 8.32. The van der Waals surface area contributed by atoms with Crippen molar-refractivity contribution in [3.8, 4) is 0 Å². The molecule has 0 aromatic heterocycles. The number of anilines is 1. The zero-order valence-corrected chi connectivity index (χ0v) is 16.1. The van der Waals surface area contributed by atoms with E-state index in [1.807, 2.05) is 39.0 Å². The van der Waals surface area contributed by atoms with Crippen LogP contribution in [0.1, 0.15) is 26.3 Å². The van der Waals surface area contributed by atoms with Gasteiger partial charge in [-0.3, -0.25) is 4.79 Å². The fraction of sp³-hybridized carbons (Fsp3) is 0.556. The highest BCUT2D eigenvalue weighted by atomic mass is 32.2. The number of rotatable bonds is 7. The van der Waals surface area contributed by atoms with Gasteiger partial charge in [0, 0.05) is 29.9 Å². The molecule has 0 saturated carbocycles. The van der Waals surface area contributed by atoms with Crippen molar-refractivity contribution in [1.82, 2.24) is 4.90 Å². The molecule has 1 heterocycles. The van der Waals surface area contributed by atoms with Crippen LogP contribution in [0.3, 0.4) is 0 Å². The maximum absolute atomic E-state index is 11.8. The van der Waals surface area contributed by atoms with E-state index in [1.54, 1.807) is 18.8 Å². The van der Waals surface area contributed by atoms with E-state index in [0.717, 1.165) is 21.9 Å². The number of nitrogens with zero attached hydrogens (tertiary/aromatic N) is 1. The molecule has 7 heteroatoms. The van der Waals surface area contributed by atoms with E-state index >= 15 is 0 Å². The minimum Gasteiger partial charge on any atom is -0.444 e. The van der Waals surface area contributed by atoms with Crippen molar-refractivity contribution in [3.05, 3.63) is 23.8 Å². The summed E-state index contributed by atoms with van der Waals surface area (Å²) >= 11 is 1.69. The van der Waals surface area contributed by atoms with Gasteiger partial charge in [0.05, 0.1) is 19.6 Å². The van der Waals surface area contributed by atoms with E-state index < -0.39 is 5.60 Å². The Bertz CT molecular complexity index is 628. The van der Waals surface area contributed by atoms with Crippen LogP contribution < -0.4 is 5.32 Å². The molecule has 25 heavy (non-hydrogen) atoms. The molecular weight excluding hydrogens is 340 g/mol. The first kappa shape index (κ1) is 19.6. The van der Waals surface area contributed by atoms with Crippen LogP contribution in [0.25, 0.3) is 0 Å². The third-order valence-corrected chi connectivity index (χ3v) is 4.43. The number of carbonyl (C=O) groups excluding carboxylic acids is 2. The Balaban J connectivity index is 1.60. The van der Waals surface area contributed by atoms with Crippen LogP contribution in [0.4, 0.5) is 10.5 Å². The van der Waals surface area contributed by atoms with Gasteiger partial charge in [0.1, 0.15) is 5.60 Å². The fourth-order valence-corrected chi connectivity index (χ4v) is 3.08. The molecule has 2 rings (SSSR count). The standard InChI is InChI=1S/C18H26N2O4S/c1-18(2,3)24-17(22)20(4)7-8-23-9-10-25-14-5-6-15-13(11-14)12-16(21)19-15/h5-6,11H,7-10,12H2,1-4H3,(H,19,21). The SMILES string of the molecule is CN(CCOCCSc1ccc2c(c1)CC(=O)N2)C(=O)OC(C)(C)C. The van der Waals surface area contributed by atoms with Crippen molar-refractivity contribution in [2.45, 2.75) is 37.7 Å². The van der Waals surface area contributed by atoms with Gasteiger partial charge in [0.15, 0.2) is 0 Å². The second-order valence-corrected chi connectivity index (χ2v) is 8.07. The highest BCUT2D eigenvalue weighted by molar-refractivity contribution is 7.99. The first-order valence-corrected chi connectivity index (χ1v) is 9.30. The molecule has 1 aliphatic heterocycles. The third-order valence-electron chi connectivity index (χ3n) is 3.47. The van der Waals surface area contributed by atoms with Gasteiger partial charge < -0.3 is 19.7 Å². The predicted octanol–water partition coefficient (Wildman–Crippen LogP) is 3.16. The zero-order valence-electron chi connectivity index (χ0n) is 15.3. The third kappa shape index (κ3) is 6.59. The summed E-state index contributed by atoms with van der Waals surface area (Å²) in [7, 11) is 1.70. The lowest BCUT2D eigenvalue weighted by molar-refractivity contribution is -0.115. The topological polar surface area (TPSA) is 67.9 Å². The van der Waals surface area contributed by atoms with Crippen LogP contribution in [0.2, 0.25) is 0 Å². The highest BCUT2D eigenvalue weighted by Gasteiger charge is 2.19. The number of likely N-dealkylation sites (N-methyl/N-ethyl adjacent to an activating group) is 1. The molecule has 0 unspecified atom stereocenters. The largest absolute Gasteiger partial charge is 0.444 e. The molecule has 0 bridgehead atoms. The minimum atomic E-state index is -0.487. The van der Waals surface area contributed by atoms with Gasteiger partial charge in [-0.05, 0) is 44.5 Å². The van der Waals surface area contributed by atoms with E-state index in [1.165, 1.54) is 4.90 Å². The maximum atomic E-state index is 11.8. The van der Waals surface area contributed by atoms with Crippen LogP contribution >= 0.6 is 11.8 Å². The van der Waals surface area contributed by atoms with Crippen molar-refractivity contribution in [3.63, 3.8) is 0 Å².